The molecular formula is C38H24N2. The van der Waals surface area contributed by atoms with Gasteiger partial charge in [-0.15, -0.1) is 0 Å². The molecule has 0 amide bonds. The Morgan fingerprint density at radius 3 is 1.73 bits per heavy atom. The van der Waals surface area contributed by atoms with E-state index < -0.39 is 0 Å². The molecule has 0 spiro atoms. The van der Waals surface area contributed by atoms with Crippen LogP contribution in [0.4, 0.5) is 0 Å². The van der Waals surface area contributed by atoms with E-state index >= 15 is 0 Å². The van der Waals surface area contributed by atoms with Crippen molar-refractivity contribution in [2.75, 3.05) is 0 Å². The largest absolute Gasteiger partial charge is 0.309 e. The lowest BCUT2D eigenvalue weighted by molar-refractivity contribution is 1.18. The third kappa shape index (κ3) is 2.93. The first-order valence-electron chi connectivity index (χ1n) is 13.8. The van der Waals surface area contributed by atoms with Crippen LogP contribution in [0.3, 0.4) is 0 Å². The molecule has 2 heteroatoms. The van der Waals surface area contributed by atoms with Crippen LogP contribution >= 0.6 is 0 Å². The summed E-state index contributed by atoms with van der Waals surface area (Å²) in [4.78, 5) is 0. The Hall–Kier alpha value is -5.34. The lowest BCUT2D eigenvalue weighted by atomic mass is 10.1. The molecule has 3 aromatic heterocycles. The highest BCUT2D eigenvalue weighted by Gasteiger charge is 2.17. The Kier molecular flexibility index (Phi) is 4.36. The Labute approximate surface area is 230 Å². The van der Waals surface area contributed by atoms with E-state index in [1.165, 1.54) is 76.7 Å². The van der Waals surface area contributed by atoms with Crippen molar-refractivity contribution in [2.24, 2.45) is 0 Å². The third-order valence-electron chi connectivity index (χ3n) is 8.44. The summed E-state index contributed by atoms with van der Waals surface area (Å²) < 4.78 is 4.88. The lowest BCUT2D eigenvalue weighted by Gasteiger charge is -2.11. The first kappa shape index (κ1) is 21.6. The van der Waals surface area contributed by atoms with Crippen LogP contribution in [0.15, 0.2) is 146 Å². The van der Waals surface area contributed by atoms with Gasteiger partial charge in [0.25, 0.3) is 0 Å². The number of benzene rings is 6. The fourth-order valence-electron chi connectivity index (χ4n) is 6.70. The van der Waals surface area contributed by atoms with Crippen molar-refractivity contribution < 1.29 is 0 Å². The van der Waals surface area contributed by atoms with Crippen LogP contribution in [-0.4, -0.2) is 8.97 Å². The summed E-state index contributed by atoms with van der Waals surface area (Å²) in [7, 11) is 0. The second-order valence-electron chi connectivity index (χ2n) is 10.6. The topological polar surface area (TPSA) is 9.34 Å². The molecule has 0 unspecified atom stereocenters. The van der Waals surface area contributed by atoms with Gasteiger partial charge >= 0.3 is 0 Å². The van der Waals surface area contributed by atoms with E-state index in [1.807, 2.05) is 0 Å². The summed E-state index contributed by atoms with van der Waals surface area (Å²) in [5.41, 5.74) is 9.80. The highest BCUT2D eigenvalue weighted by molar-refractivity contribution is 6.18. The molecular weight excluding hydrogens is 484 g/mol. The van der Waals surface area contributed by atoms with Crippen molar-refractivity contribution >= 4 is 59.9 Å². The van der Waals surface area contributed by atoms with Crippen LogP contribution in [0, 0.1) is 0 Å². The van der Waals surface area contributed by atoms with Crippen molar-refractivity contribution in [3.8, 4) is 16.8 Å². The van der Waals surface area contributed by atoms with Gasteiger partial charge in [-0.2, -0.15) is 0 Å². The lowest BCUT2D eigenvalue weighted by Crippen LogP contribution is -1.94. The van der Waals surface area contributed by atoms with Gasteiger partial charge in [0.1, 0.15) is 0 Å². The number of fused-ring (bicyclic) bond motifs is 11. The quantitative estimate of drug-likeness (QED) is 0.206. The van der Waals surface area contributed by atoms with E-state index in [4.69, 9.17) is 0 Å². The van der Waals surface area contributed by atoms with Crippen LogP contribution < -0.4 is 0 Å². The van der Waals surface area contributed by atoms with Crippen molar-refractivity contribution in [1.82, 2.24) is 8.97 Å². The summed E-state index contributed by atoms with van der Waals surface area (Å²) in [6, 6.07) is 53.0. The van der Waals surface area contributed by atoms with Gasteiger partial charge in [-0.3, -0.25) is 0 Å². The molecule has 3 heterocycles. The molecule has 0 atom stereocenters. The zero-order valence-electron chi connectivity index (χ0n) is 21.8. The van der Waals surface area contributed by atoms with Crippen LogP contribution in [0.5, 0.6) is 0 Å². The number of rotatable bonds is 2. The number of pyridine rings is 1. The van der Waals surface area contributed by atoms with E-state index in [9.17, 15) is 0 Å². The van der Waals surface area contributed by atoms with E-state index in [0.29, 0.717) is 0 Å². The minimum atomic E-state index is 1.17. The molecule has 186 valence electrons. The molecule has 9 aromatic rings. The van der Waals surface area contributed by atoms with E-state index in [1.54, 1.807) is 0 Å². The van der Waals surface area contributed by atoms with Crippen LogP contribution in [0.2, 0.25) is 0 Å². The summed E-state index contributed by atoms with van der Waals surface area (Å²) in [5, 5.41) is 7.65. The predicted octanol–water partition coefficient (Wildman–Crippen LogP) is 10.2. The van der Waals surface area contributed by atoms with Crippen molar-refractivity contribution in [2.45, 2.75) is 0 Å². The average Bonchev–Trinajstić information content (AvgIpc) is 3.56. The first-order chi connectivity index (χ1) is 19.8. The predicted molar refractivity (Wildman–Crippen MR) is 170 cm³/mol. The highest BCUT2D eigenvalue weighted by Crippen LogP contribution is 2.39. The molecule has 40 heavy (non-hydrogen) atoms. The molecule has 0 bridgehead atoms. The van der Waals surface area contributed by atoms with Gasteiger partial charge < -0.3 is 8.97 Å². The minimum absolute atomic E-state index is 1.17. The molecule has 0 aliphatic heterocycles. The molecule has 0 radical (unpaired) electrons. The number of para-hydroxylation sites is 2. The second kappa shape index (κ2) is 8.08. The number of hydrogen-bond donors (Lipinski definition) is 0. The van der Waals surface area contributed by atoms with Crippen LogP contribution in [0.1, 0.15) is 0 Å². The molecule has 9 rings (SSSR count). The van der Waals surface area contributed by atoms with Gasteiger partial charge in [0.05, 0.1) is 27.6 Å². The van der Waals surface area contributed by atoms with Crippen LogP contribution in [0.25, 0.3) is 76.7 Å². The normalized spacial score (nSPS) is 12.0. The smallest absolute Gasteiger partial charge is 0.0548 e. The molecule has 0 saturated carbocycles. The van der Waals surface area contributed by atoms with Gasteiger partial charge in [-0.05, 0) is 59.0 Å². The summed E-state index contributed by atoms with van der Waals surface area (Å²) in [5.74, 6) is 0. The second-order valence-corrected chi connectivity index (χ2v) is 10.6. The highest BCUT2D eigenvalue weighted by atomic mass is 15.0. The third-order valence-corrected chi connectivity index (χ3v) is 8.44. The number of hydrogen-bond acceptors (Lipinski definition) is 0. The maximum Gasteiger partial charge on any atom is 0.0548 e. The Bertz CT molecular complexity index is 2420. The number of aromatic nitrogens is 2. The Morgan fingerprint density at radius 1 is 0.325 bits per heavy atom. The SMILES string of the molecule is c1ccc(-c2cccc(-n3c4ccccc4c4cc5c(cc43)cc3c4ccccc4c4ccccc4n53)c2)cc1. The van der Waals surface area contributed by atoms with E-state index in [-0.39, 0.29) is 0 Å². The van der Waals surface area contributed by atoms with E-state index in [0.717, 1.165) is 0 Å². The molecule has 0 fully saturated rings. The van der Waals surface area contributed by atoms with Crippen LogP contribution in [-0.2, 0) is 0 Å². The van der Waals surface area contributed by atoms with Gasteiger partial charge in [0, 0.05) is 32.6 Å². The standard InChI is InChI=1S/C38H24N2/c1-2-11-25(12-3-1)26-13-10-14-28(21-26)39-34-19-8-7-18-32(34)33-24-36-27(23-38(33)39)22-37-31-17-5-4-15-29(31)30-16-6-9-20-35(30)40(36)37/h1-24H. The monoisotopic (exact) mass is 508 g/mol. The average molecular weight is 509 g/mol. The fourth-order valence-corrected chi connectivity index (χ4v) is 6.70. The van der Waals surface area contributed by atoms with Gasteiger partial charge in [-0.1, -0.05) is 103 Å². The summed E-state index contributed by atoms with van der Waals surface area (Å²) in [6.45, 7) is 0. The fraction of sp³-hybridized carbons (Fsp3) is 0. The minimum Gasteiger partial charge on any atom is -0.309 e. The maximum atomic E-state index is 2.45. The Balaban J connectivity index is 1.42. The molecule has 0 N–H and O–H groups in total. The zero-order chi connectivity index (χ0) is 26.2. The van der Waals surface area contributed by atoms with Crippen molar-refractivity contribution in [1.29, 1.82) is 0 Å². The maximum absolute atomic E-state index is 2.45. The molecule has 0 saturated heterocycles. The van der Waals surface area contributed by atoms with Gasteiger partial charge in [0.15, 0.2) is 0 Å². The Morgan fingerprint density at radius 2 is 0.925 bits per heavy atom. The molecule has 0 aliphatic carbocycles. The first-order valence-corrected chi connectivity index (χ1v) is 13.8. The molecule has 2 nitrogen and oxygen atoms in total. The molecule has 0 aliphatic rings. The summed E-state index contributed by atoms with van der Waals surface area (Å²) in [6.07, 6.45) is 0. The van der Waals surface area contributed by atoms with Crippen molar-refractivity contribution in [3.63, 3.8) is 0 Å². The van der Waals surface area contributed by atoms with E-state index in [2.05, 4.69) is 155 Å². The number of nitrogens with zero attached hydrogens (tertiary/aromatic N) is 2. The van der Waals surface area contributed by atoms with Gasteiger partial charge in [0.2, 0.25) is 0 Å². The van der Waals surface area contributed by atoms with Gasteiger partial charge in [-0.25, -0.2) is 0 Å². The molecule has 6 aromatic carbocycles. The zero-order valence-corrected chi connectivity index (χ0v) is 21.8. The summed E-state index contributed by atoms with van der Waals surface area (Å²) >= 11 is 0. The van der Waals surface area contributed by atoms with Crippen molar-refractivity contribution in [3.05, 3.63) is 146 Å².